The van der Waals surface area contributed by atoms with Crippen molar-refractivity contribution in [2.45, 2.75) is 31.7 Å². The Hall–Kier alpha value is -1.92. The topological polar surface area (TPSA) is 61.9 Å². The third-order valence-corrected chi connectivity index (χ3v) is 5.74. The van der Waals surface area contributed by atoms with Crippen LogP contribution in [0, 0.1) is 5.92 Å². The maximum Gasteiger partial charge on any atom is 0.253 e. The lowest BCUT2D eigenvalue weighted by Crippen LogP contribution is -2.58. The Morgan fingerprint density at radius 2 is 1.78 bits per heavy atom. The highest BCUT2D eigenvalue weighted by Gasteiger charge is 2.37. The van der Waals surface area contributed by atoms with Crippen molar-refractivity contribution in [2.24, 2.45) is 5.92 Å². The molecule has 1 aromatic carbocycles. The first kappa shape index (κ1) is 19.8. The summed E-state index contributed by atoms with van der Waals surface area (Å²) < 4.78 is 5.05. The molecule has 1 heterocycles. The van der Waals surface area contributed by atoms with Gasteiger partial charge < -0.3 is 15.0 Å². The fraction of sp³-hybridized carbons (Fsp3) is 0.619. The Morgan fingerprint density at radius 3 is 2.41 bits per heavy atom. The number of ether oxygens (including phenoxy) is 1. The number of methoxy groups -OCH3 is 1. The molecule has 1 aromatic rings. The van der Waals surface area contributed by atoms with E-state index in [1.54, 1.807) is 7.11 Å². The molecule has 3 rings (SSSR count). The Morgan fingerprint density at radius 1 is 1.11 bits per heavy atom. The van der Waals surface area contributed by atoms with Crippen LogP contribution in [0.5, 0.6) is 0 Å². The summed E-state index contributed by atoms with van der Waals surface area (Å²) in [7, 11) is 1.64. The van der Waals surface area contributed by atoms with Gasteiger partial charge in [-0.2, -0.15) is 0 Å². The Bertz CT molecular complexity index is 608. The minimum atomic E-state index is -0.0849. The fourth-order valence-corrected chi connectivity index (χ4v) is 4.30. The van der Waals surface area contributed by atoms with Crippen molar-refractivity contribution >= 4 is 11.8 Å². The van der Waals surface area contributed by atoms with Crippen LogP contribution in [0.2, 0.25) is 0 Å². The van der Waals surface area contributed by atoms with Gasteiger partial charge in [0.05, 0.1) is 12.6 Å². The molecule has 0 unspecified atom stereocenters. The Kier molecular flexibility index (Phi) is 7.24. The Labute approximate surface area is 161 Å². The predicted octanol–water partition coefficient (Wildman–Crippen LogP) is 1.77. The maximum absolute atomic E-state index is 12.9. The number of rotatable bonds is 7. The van der Waals surface area contributed by atoms with E-state index >= 15 is 0 Å². The number of amides is 2. The van der Waals surface area contributed by atoms with Gasteiger partial charge >= 0.3 is 0 Å². The van der Waals surface area contributed by atoms with Crippen LogP contribution in [0.15, 0.2) is 30.3 Å². The van der Waals surface area contributed by atoms with Crippen molar-refractivity contribution < 1.29 is 14.3 Å². The second-order valence-electron chi connectivity index (χ2n) is 7.47. The molecule has 2 amide bonds. The van der Waals surface area contributed by atoms with Gasteiger partial charge in [-0.3, -0.25) is 14.5 Å². The van der Waals surface area contributed by atoms with Gasteiger partial charge in [-0.15, -0.1) is 0 Å². The third-order valence-electron chi connectivity index (χ3n) is 5.74. The smallest absolute Gasteiger partial charge is 0.253 e. The lowest BCUT2D eigenvalue weighted by atomic mass is 9.95. The summed E-state index contributed by atoms with van der Waals surface area (Å²) in [6, 6.07) is 9.34. The van der Waals surface area contributed by atoms with Crippen LogP contribution in [-0.4, -0.2) is 74.1 Å². The van der Waals surface area contributed by atoms with E-state index in [1.165, 1.54) is 12.8 Å². The molecule has 1 atom stereocenters. The molecule has 0 aromatic heterocycles. The van der Waals surface area contributed by atoms with Crippen molar-refractivity contribution in [2.75, 3.05) is 46.4 Å². The highest BCUT2D eigenvalue weighted by molar-refractivity contribution is 5.94. The van der Waals surface area contributed by atoms with Gasteiger partial charge in [-0.25, -0.2) is 0 Å². The van der Waals surface area contributed by atoms with E-state index in [4.69, 9.17) is 4.74 Å². The molecular formula is C21H31N3O3. The summed E-state index contributed by atoms with van der Waals surface area (Å²) in [5, 5.41) is 3.03. The van der Waals surface area contributed by atoms with E-state index in [2.05, 4.69) is 10.2 Å². The maximum atomic E-state index is 12.9. The number of hydrogen-bond donors (Lipinski definition) is 1. The molecule has 0 bridgehead atoms. The predicted molar refractivity (Wildman–Crippen MR) is 105 cm³/mol. The van der Waals surface area contributed by atoms with E-state index in [-0.39, 0.29) is 17.9 Å². The minimum absolute atomic E-state index is 0.0808. The summed E-state index contributed by atoms with van der Waals surface area (Å²) >= 11 is 0. The zero-order valence-corrected chi connectivity index (χ0v) is 16.2. The number of carbonyl (C=O) groups is 2. The lowest BCUT2D eigenvalue weighted by molar-refractivity contribution is -0.129. The van der Waals surface area contributed by atoms with Crippen LogP contribution in [-0.2, 0) is 9.53 Å². The van der Waals surface area contributed by atoms with Crippen molar-refractivity contribution in [3.63, 3.8) is 0 Å². The largest absolute Gasteiger partial charge is 0.383 e. The van der Waals surface area contributed by atoms with Crippen LogP contribution in [0.1, 0.15) is 36.0 Å². The standard InChI is InChI=1S/C21H31N3O3/c1-27-16-11-22-20(25)19(17-7-5-6-8-17)23-12-14-24(15-13-23)21(26)18-9-3-2-4-10-18/h2-4,9-10,17,19H,5-8,11-16H2,1H3,(H,22,25)/t19-/m0/s1. The van der Waals surface area contributed by atoms with Gasteiger partial charge in [-0.1, -0.05) is 31.0 Å². The molecule has 2 aliphatic rings. The molecule has 2 fully saturated rings. The van der Waals surface area contributed by atoms with E-state index in [9.17, 15) is 9.59 Å². The highest BCUT2D eigenvalue weighted by Crippen LogP contribution is 2.31. The minimum Gasteiger partial charge on any atom is -0.383 e. The van der Waals surface area contributed by atoms with E-state index in [0.717, 1.165) is 31.5 Å². The van der Waals surface area contributed by atoms with Gasteiger partial charge in [0.15, 0.2) is 0 Å². The van der Waals surface area contributed by atoms with Crippen molar-refractivity contribution in [3.8, 4) is 0 Å². The molecule has 0 spiro atoms. The summed E-state index contributed by atoms with van der Waals surface area (Å²) in [6.07, 6.45) is 4.65. The molecular weight excluding hydrogens is 342 g/mol. The van der Waals surface area contributed by atoms with Crippen molar-refractivity contribution in [1.29, 1.82) is 0 Å². The number of nitrogens with zero attached hydrogens (tertiary/aromatic N) is 2. The number of carbonyl (C=O) groups excluding carboxylic acids is 2. The second-order valence-corrected chi connectivity index (χ2v) is 7.47. The number of piperazine rings is 1. The van der Waals surface area contributed by atoms with E-state index in [0.29, 0.717) is 32.2 Å². The molecule has 1 aliphatic carbocycles. The van der Waals surface area contributed by atoms with Crippen LogP contribution < -0.4 is 5.32 Å². The number of benzene rings is 1. The van der Waals surface area contributed by atoms with Crippen LogP contribution in [0.25, 0.3) is 0 Å². The molecule has 27 heavy (non-hydrogen) atoms. The Balaban J connectivity index is 1.60. The van der Waals surface area contributed by atoms with Crippen LogP contribution in [0.3, 0.4) is 0 Å². The molecule has 6 heteroatoms. The first-order valence-electron chi connectivity index (χ1n) is 10.1. The summed E-state index contributed by atoms with van der Waals surface area (Å²) in [5.41, 5.74) is 0.732. The van der Waals surface area contributed by atoms with Crippen LogP contribution >= 0.6 is 0 Å². The molecule has 148 valence electrons. The number of nitrogens with one attached hydrogen (secondary N) is 1. The van der Waals surface area contributed by atoms with Gasteiger partial charge in [0, 0.05) is 45.4 Å². The zero-order chi connectivity index (χ0) is 19.1. The monoisotopic (exact) mass is 373 g/mol. The van der Waals surface area contributed by atoms with Crippen molar-refractivity contribution in [3.05, 3.63) is 35.9 Å². The van der Waals surface area contributed by atoms with E-state index < -0.39 is 0 Å². The summed E-state index contributed by atoms with van der Waals surface area (Å²) in [6.45, 7) is 3.91. The van der Waals surface area contributed by atoms with Crippen molar-refractivity contribution in [1.82, 2.24) is 15.1 Å². The molecule has 0 radical (unpaired) electrons. The SMILES string of the molecule is COCCNC(=O)[C@H](C1CCCC1)N1CCN(C(=O)c2ccccc2)CC1. The summed E-state index contributed by atoms with van der Waals surface area (Å²) in [5.74, 6) is 0.614. The molecule has 6 nitrogen and oxygen atoms in total. The van der Waals surface area contributed by atoms with Crippen LogP contribution in [0.4, 0.5) is 0 Å². The summed E-state index contributed by atoms with van der Waals surface area (Å²) in [4.78, 5) is 29.7. The third kappa shape index (κ3) is 5.08. The lowest BCUT2D eigenvalue weighted by Gasteiger charge is -2.40. The average molecular weight is 373 g/mol. The number of hydrogen-bond acceptors (Lipinski definition) is 4. The van der Waals surface area contributed by atoms with Gasteiger partial charge in [-0.05, 0) is 30.9 Å². The normalized spacial score (nSPS) is 19.8. The molecule has 1 saturated heterocycles. The zero-order valence-electron chi connectivity index (χ0n) is 16.2. The molecule has 1 saturated carbocycles. The first-order chi connectivity index (χ1) is 13.2. The highest BCUT2D eigenvalue weighted by atomic mass is 16.5. The molecule has 1 aliphatic heterocycles. The quantitative estimate of drug-likeness (QED) is 0.740. The van der Waals surface area contributed by atoms with Gasteiger partial charge in [0.2, 0.25) is 5.91 Å². The first-order valence-corrected chi connectivity index (χ1v) is 10.1. The molecule has 1 N–H and O–H groups in total. The fourth-order valence-electron chi connectivity index (χ4n) is 4.30. The average Bonchev–Trinajstić information content (AvgIpc) is 3.23. The van der Waals surface area contributed by atoms with Gasteiger partial charge in [0.1, 0.15) is 0 Å². The van der Waals surface area contributed by atoms with E-state index in [1.807, 2.05) is 35.2 Å². The van der Waals surface area contributed by atoms with Gasteiger partial charge in [0.25, 0.3) is 5.91 Å². The second kappa shape index (κ2) is 9.85.